The fraction of sp³-hybridized carbons (Fsp3) is 0.583. The van der Waals surface area contributed by atoms with Crippen molar-refractivity contribution < 1.29 is 0 Å². The zero-order valence-corrected chi connectivity index (χ0v) is 10.5. The molecule has 0 spiro atoms. The Morgan fingerprint density at radius 2 is 2.06 bits per heavy atom. The van der Waals surface area contributed by atoms with Crippen LogP contribution in [0.2, 0.25) is 0 Å². The maximum atomic E-state index is 5.68. The van der Waals surface area contributed by atoms with E-state index in [9.17, 15) is 0 Å². The van der Waals surface area contributed by atoms with Crippen LogP contribution in [-0.2, 0) is 0 Å². The Hall–Kier alpha value is -1.49. The molecule has 0 aromatic carbocycles. The zero-order chi connectivity index (χ0) is 12.5. The highest BCUT2D eigenvalue weighted by atomic mass is 15.2. The third-order valence-electron chi connectivity index (χ3n) is 3.79. The molecule has 5 heteroatoms. The molecular weight excluding hydrogens is 214 g/mol. The van der Waals surface area contributed by atoms with Crippen molar-refractivity contribution in [3.8, 4) is 0 Å². The normalized spacial score (nSPS) is 17.8. The summed E-state index contributed by atoms with van der Waals surface area (Å²) < 4.78 is 0. The fourth-order valence-corrected chi connectivity index (χ4v) is 2.21. The molecule has 1 heterocycles. The first-order valence-electron chi connectivity index (χ1n) is 5.97. The van der Waals surface area contributed by atoms with Gasteiger partial charge in [0.25, 0.3) is 0 Å². The number of aromatic nitrogens is 1. The van der Waals surface area contributed by atoms with Gasteiger partial charge in [-0.25, -0.2) is 4.98 Å². The van der Waals surface area contributed by atoms with Crippen molar-refractivity contribution in [2.75, 3.05) is 37.4 Å². The van der Waals surface area contributed by atoms with Gasteiger partial charge in [-0.3, -0.25) is 0 Å². The summed E-state index contributed by atoms with van der Waals surface area (Å²) in [6.07, 6.45) is 3.77. The molecule has 0 amide bonds. The minimum absolute atomic E-state index is 0.276. The van der Waals surface area contributed by atoms with Crippen molar-refractivity contribution in [3.05, 3.63) is 12.1 Å². The van der Waals surface area contributed by atoms with Gasteiger partial charge in [-0.15, -0.1) is 0 Å². The number of hydrogen-bond donors (Lipinski definition) is 3. The Morgan fingerprint density at radius 1 is 1.35 bits per heavy atom. The van der Waals surface area contributed by atoms with Gasteiger partial charge in [-0.2, -0.15) is 0 Å². The van der Waals surface area contributed by atoms with Crippen LogP contribution in [0.1, 0.15) is 19.3 Å². The van der Waals surface area contributed by atoms with Gasteiger partial charge in [0.05, 0.1) is 5.69 Å². The average molecular weight is 235 g/mol. The van der Waals surface area contributed by atoms with Crippen LogP contribution in [0.5, 0.6) is 0 Å². The molecule has 0 saturated heterocycles. The molecule has 0 radical (unpaired) electrons. The SMILES string of the molecule is CN(C)C1(CNc2ccc(N)c(N)n2)CCC1. The highest BCUT2D eigenvalue weighted by Crippen LogP contribution is 2.36. The molecule has 1 aromatic rings. The number of nitrogens with two attached hydrogens (primary N) is 2. The first kappa shape index (κ1) is 12.0. The van der Waals surface area contributed by atoms with E-state index in [0.29, 0.717) is 11.5 Å². The fourth-order valence-electron chi connectivity index (χ4n) is 2.21. The molecule has 0 unspecified atom stereocenters. The quantitative estimate of drug-likeness (QED) is 0.729. The van der Waals surface area contributed by atoms with Crippen LogP contribution in [-0.4, -0.2) is 36.1 Å². The number of pyridine rings is 1. The maximum Gasteiger partial charge on any atom is 0.149 e. The second kappa shape index (κ2) is 4.41. The summed E-state index contributed by atoms with van der Waals surface area (Å²) in [5, 5.41) is 3.35. The van der Waals surface area contributed by atoms with E-state index in [2.05, 4.69) is 29.3 Å². The summed E-state index contributed by atoms with van der Waals surface area (Å²) in [7, 11) is 4.26. The lowest BCUT2D eigenvalue weighted by Gasteiger charge is -2.47. The lowest BCUT2D eigenvalue weighted by Crippen LogP contribution is -2.54. The molecule has 94 valence electrons. The molecular formula is C12H21N5. The minimum Gasteiger partial charge on any atom is -0.396 e. The highest BCUT2D eigenvalue weighted by Gasteiger charge is 2.38. The van der Waals surface area contributed by atoms with Crippen molar-refractivity contribution in [2.24, 2.45) is 0 Å². The summed E-state index contributed by atoms with van der Waals surface area (Å²) >= 11 is 0. The topological polar surface area (TPSA) is 80.2 Å². The third kappa shape index (κ3) is 2.29. The molecule has 5 N–H and O–H groups in total. The van der Waals surface area contributed by atoms with Crippen molar-refractivity contribution in [3.63, 3.8) is 0 Å². The number of nitrogens with one attached hydrogen (secondary N) is 1. The van der Waals surface area contributed by atoms with Gasteiger partial charge < -0.3 is 21.7 Å². The summed E-state index contributed by atoms with van der Waals surface area (Å²) in [6.45, 7) is 0.899. The molecule has 1 aliphatic rings. The number of rotatable bonds is 4. The van der Waals surface area contributed by atoms with E-state index in [1.807, 2.05) is 6.07 Å². The average Bonchev–Trinajstić information content (AvgIpc) is 2.21. The van der Waals surface area contributed by atoms with Crippen LogP contribution in [0.15, 0.2) is 12.1 Å². The van der Waals surface area contributed by atoms with Gasteiger partial charge in [0.1, 0.15) is 11.6 Å². The smallest absolute Gasteiger partial charge is 0.149 e. The Balaban J connectivity index is 1.99. The monoisotopic (exact) mass is 235 g/mol. The van der Waals surface area contributed by atoms with E-state index < -0.39 is 0 Å². The van der Waals surface area contributed by atoms with Crippen LogP contribution in [0.25, 0.3) is 0 Å². The van der Waals surface area contributed by atoms with E-state index in [1.165, 1.54) is 19.3 Å². The van der Waals surface area contributed by atoms with Crippen LogP contribution in [0, 0.1) is 0 Å². The summed E-state index contributed by atoms with van der Waals surface area (Å²) in [5.74, 6) is 1.19. The Morgan fingerprint density at radius 3 is 2.53 bits per heavy atom. The predicted octanol–water partition coefficient (Wildman–Crippen LogP) is 1.14. The molecule has 1 fully saturated rings. The second-order valence-electron chi connectivity index (χ2n) is 5.00. The Labute approximate surface area is 102 Å². The van der Waals surface area contributed by atoms with Gasteiger partial charge >= 0.3 is 0 Å². The number of anilines is 3. The largest absolute Gasteiger partial charge is 0.396 e. The van der Waals surface area contributed by atoms with Crippen LogP contribution < -0.4 is 16.8 Å². The van der Waals surface area contributed by atoms with E-state index in [4.69, 9.17) is 11.5 Å². The van der Waals surface area contributed by atoms with Crippen LogP contribution in [0.3, 0.4) is 0 Å². The molecule has 5 nitrogen and oxygen atoms in total. The van der Waals surface area contributed by atoms with E-state index >= 15 is 0 Å². The number of nitrogen functional groups attached to an aromatic ring is 2. The Kier molecular flexibility index (Phi) is 3.11. The summed E-state index contributed by atoms with van der Waals surface area (Å²) in [4.78, 5) is 6.51. The van der Waals surface area contributed by atoms with Gasteiger partial charge in [0, 0.05) is 12.1 Å². The molecule has 0 atom stereocenters. The number of hydrogen-bond acceptors (Lipinski definition) is 5. The summed E-state index contributed by atoms with van der Waals surface area (Å²) in [5.41, 5.74) is 12.1. The van der Waals surface area contributed by atoms with Crippen LogP contribution in [0.4, 0.5) is 17.3 Å². The van der Waals surface area contributed by atoms with Gasteiger partial charge in [-0.1, -0.05) is 0 Å². The molecule has 2 rings (SSSR count). The Bertz CT molecular complexity index is 398. The number of nitrogens with zero attached hydrogens (tertiary/aromatic N) is 2. The lowest BCUT2D eigenvalue weighted by molar-refractivity contribution is 0.0738. The van der Waals surface area contributed by atoms with Crippen molar-refractivity contribution in [2.45, 2.75) is 24.8 Å². The zero-order valence-electron chi connectivity index (χ0n) is 10.5. The first-order valence-corrected chi connectivity index (χ1v) is 5.97. The van der Waals surface area contributed by atoms with Gasteiger partial charge in [0.15, 0.2) is 0 Å². The standard InChI is InChI=1S/C12H21N5/c1-17(2)12(6-3-7-12)8-15-10-5-4-9(13)11(14)16-10/h4-5H,3,6-8,13H2,1-2H3,(H3,14,15,16). The predicted molar refractivity (Wildman–Crippen MR) is 71.8 cm³/mol. The second-order valence-corrected chi connectivity index (χ2v) is 5.00. The molecule has 1 aliphatic carbocycles. The van der Waals surface area contributed by atoms with Crippen molar-refractivity contribution >= 4 is 17.3 Å². The first-order chi connectivity index (χ1) is 8.03. The molecule has 17 heavy (non-hydrogen) atoms. The third-order valence-corrected chi connectivity index (χ3v) is 3.79. The molecule has 1 saturated carbocycles. The van der Waals surface area contributed by atoms with Crippen LogP contribution >= 0.6 is 0 Å². The van der Waals surface area contributed by atoms with Gasteiger partial charge in [0.2, 0.25) is 0 Å². The number of likely N-dealkylation sites (N-methyl/N-ethyl adjacent to an activating group) is 1. The highest BCUT2D eigenvalue weighted by molar-refractivity contribution is 5.61. The minimum atomic E-state index is 0.276. The van der Waals surface area contributed by atoms with E-state index in [1.54, 1.807) is 6.07 Å². The molecule has 0 bridgehead atoms. The molecule has 0 aliphatic heterocycles. The molecule has 1 aromatic heterocycles. The van der Waals surface area contributed by atoms with Crippen molar-refractivity contribution in [1.82, 2.24) is 9.88 Å². The van der Waals surface area contributed by atoms with Crippen molar-refractivity contribution in [1.29, 1.82) is 0 Å². The maximum absolute atomic E-state index is 5.68. The van der Waals surface area contributed by atoms with E-state index in [-0.39, 0.29) is 5.54 Å². The lowest BCUT2D eigenvalue weighted by atomic mass is 9.75. The van der Waals surface area contributed by atoms with E-state index in [0.717, 1.165) is 12.4 Å². The van der Waals surface area contributed by atoms with Gasteiger partial charge in [-0.05, 0) is 45.5 Å². The summed E-state index contributed by atoms with van der Waals surface area (Å²) in [6, 6.07) is 3.65.